The van der Waals surface area contributed by atoms with Crippen molar-refractivity contribution in [1.82, 2.24) is 15.0 Å². The van der Waals surface area contributed by atoms with Crippen LogP contribution in [0.1, 0.15) is 27.9 Å². The van der Waals surface area contributed by atoms with Gasteiger partial charge in [0.25, 0.3) is 11.5 Å². The molecule has 180 valence electrons. The Morgan fingerprint density at radius 1 is 1.24 bits per heavy atom. The van der Waals surface area contributed by atoms with Crippen LogP contribution in [0.4, 0.5) is 14.5 Å². The van der Waals surface area contributed by atoms with Crippen LogP contribution in [0.5, 0.6) is 0 Å². The number of carbonyl (C=O) groups excluding carboxylic acids is 2. The largest absolute Gasteiger partial charge is 0.469 e. The molecule has 4 N–H and O–H groups in total. The summed E-state index contributed by atoms with van der Waals surface area (Å²) in [6.07, 6.45) is 1.66. The van der Waals surface area contributed by atoms with Crippen molar-refractivity contribution in [2.75, 3.05) is 25.6 Å². The number of nitrogens with one attached hydrogen (secondary N) is 2. The number of ether oxygens (including phenoxy) is 1. The highest BCUT2D eigenvalue weighted by Gasteiger charge is 2.24. The fourth-order valence-electron chi connectivity index (χ4n) is 3.29. The van der Waals surface area contributed by atoms with Crippen LogP contribution in [-0.2, 0) is 22.5 Å². The van der Waals surface area contributed by atoms with Crippen molar-refractivity contribution in [2.45, 2.75) is 19.4 Å². The van der Waals surface area contributed by atoms with Crippen molar-refractivity contribution >= 4 is 28.6 Å². The molecule has 2 heterocycles. The van der Waals surface area contributed by atoms with E-state index >= 15 is 0 Å². The molecular weight excluding hydrogens is 454 g/mol. The molecule has 1 amide bonds. The molecule has 0 saturated heterocycles. The van der Waals surface area contributed by atoms with Crippen LogP contribution >= 0.6 is 0 Å². The van der Waals surface area contributed by atoms with Crippen LogP contribution < -0.4 is 16.2 Å². The van der Waals surface area contributed by atoms with E-state index in [9.17, 15) is 33.5 Å². The third-order valence-electron chi connectivity index (χ3n) is 4.99. The quantitative estimate of drug-likeness (QED) is 0.268. The third-order valence-corrected chi connectivity index (χ3v) is 4.99. The molecule has 0 atom stereocenters. The summed E-state index contributed by atoms with van der Waals surface area (Å²) >= 11 is 0. The molecule has 10 nitrogen and oxygen atoms in total. The molecule has 0 unspecified atom stereocenters. The maximum atomic E-state index is 13.9. The number of hydrogen-bond donors (Lipinski definition) is 4. The highest BCUT2D eigenvalue weighted by molar-refractivity contribution is 6.06. The number of aliphatic hydroxyl groups is 1. The number of nitrogens with zero attached hydrogens (tertiary/aromatic N) is 2. The number of methoxy groups -OCH3 is 1. The number of esters is 1. The van der Waals surface area contributed by atoms with Gasteiger partial charge >= 0.3 is 5.97 Å². The van der Waals surface area contributed by atoms with Gasteiger partial charge in [-0.25, -0.2) is 13.8 Å². The molecule has 2 aromatic heterocycles. The fraction of sp³-hybridized carbons (Fsp3) is 0.273. The van der Waals surface area contributed by atoms with Crippen LogP contribution in [0.25, 0.3) is 11.0 Å². The first kappa shape index (κ1) is 24.6. The number of pyridine rings is 2. The van der Waals surface area contributed by atoms with Gasteiger partial charge in [-0.15, -0.1) is 4.73 Å². The average molecular weight is 476 g/mol. The monoisotopic (exact) mass is 476 g/mol. The molecule has 3 rings (SSSR count). The van der Waals surface area contributed by atoms with Gasteiger partial charge in [-0.05, 0) is 24.1 Å². The first-order valence-electron chi connectivity index (χ1n) is 10.2. The van der Waals surface area contributed by atoms with E-state index in [-0.39, 0.29) is 59.6 Å². The van der Waals surface area contributed by atoms with Gasteiger partial charge in [0.2, 0.25) is 0 Å². The number of carbonyl (C=O) groups is 2. The summed E-state index contributed by atoms with van der Waals surface area (Å²) in [5, 5.41) is 24.9. The summed E-state index contributed by atoms with van der Waals surface area (Å²) in [4.78, 5) is 41.2. The topological polar surface area (TPSA) is 143 Å². The Kier molecular flexibility index (Phi) is 7.74. The molecule has 12 heteroatoms. The van der Waals surface area contributed by atoms with Crippen molar-refractivity contribution in [2.24, 2.45) is 0 Å². The maximum absolute atomic E-state index is 13.9. The van der Waals surface area contributed by atoms with Crippen molar-refractivity contribution in [3.63, 3.8) is 0 Å². The zero-order valence-corrected chi connectivity index (χ0v) is 18.1. The van der Waals surface area contributed by atoms with Crippen LogP contribution in [0.2, 0.25) is 0 Å². The SMILES string of the molecule is COC(=O)CCc1cnc2c(c1)c(NCCO)c(C(=O)NCc1ccc(F)cc1F)c(=O)n2O. The van der Waals surface area contributed by atoms with E-state index in [0.29, 0.717) is 11.6 Å². The van der Waals surface area contributed by atoms with E-state index in [0.717, 1.165) is 12.1 Å². The van der Waals surface area contributed by atoms with Crippen LogP contribution in [0, 0.1) is 11.6 Å². The molecule has 0 aliphatic carbocycles. The van der Waals surface area contributed by atoms with E-state index in [2.05, 4.69) is 20.4 Å². The number of aromatic nitrogens is 2. The molecule has 0 fully saturated rings. The Morgan fingerprint density at radius 2 is 2.00 bits per heavy atom. The Hall–Kier alpha value is -4.06. The second-order valence-electron chi connectivity index (χ2n) is 7.23. The summed E-state index contributed by atoms with van der Waals surface area (Å²) in [5.74, 6) is -3.05. The Balaban J connectivity index is 2.03. The second-order valence-corrected chi connectivity index (χ2v) is 7.23. The van der Waals surface area contributed by atoms with Gasteiger partial charge in [0, 0.05) is 42.7 Å². The number of halogens is 2. The molecule has 0 aliphatic heterocycles. The molecule has 0 bridgehead atoms. The molecular formula is C22H22F2N4O6. The van der Waals surface area contributed by atoms with Gasteiger partial charge in [0.1, 0.15) is 17.2 Å². The van der Waals surface area contributed by atoms with E-state index in [1.54, 1.807) is 0 Å². The Bertz CT molecular complexity index is 1290. The molecule has 0 saturated carbocycles. The number of benzene rings is 1. The van der Waals surface area contributed by atoms with Crippen molar-refractivity contribution in [3.8, 4) is 0 Å². The zero-order valence-electron chi connectivity index (χ0n) is 18.1. The predicted molar refractivity (Wildman–Crippen MR) is 117 cm³/mol. The van der Waals surface area contributed by atoms with Crippen LogP contribution in [0.3, 0.4) is 0 Å². The highest BCUT2D eigenvalue weighted by atomic mass is 19.1. The first-order valence-corrected chi connectivity index (χ1v) is 10.2. The minimum atomic E-state index is -1.10. The molecule has 1 aromatic carbocycles. The summed E-state index contributed by atoms with van der Waals surface area (Å²) in [7, 11) is 1.26. The molecule has 0 radical (unpaired) electrons. The van der Waals surface area contributed by atoms with Crippen molar-refractivity contribution < 1.29 is 33.4 Å². The second kappa shape index (κ2) is 10.7. The Morgan fingerprint density at radius 3 is 2.68 bits per heavy atom. The van der Waals surface area contributed by atoms with Gasteiger partial charge < -0.3 is 25.7 Å². The molecule has 0 spiro atoms. The summed E-state index contributed by atoms with van der Waals surface area (Å²) in [6, 6.07) is 4.37. The van der Waals surface area contributed by atoms with Gasteiger partial charge in [-0.1, -0.05) is 6.07 Å². The Labute approximate surface area is 191 Å². The highest BCUT2D eigenvalue weighted by Crippen LogP contribution is 2.25. The smallest absolute Gasteiger partial charge is 0.305 e. The van der Waals surface area contributed by atoms with Crippen molar-refractivity contribution in [3.05, 3.63) is 69.1 Å². The average Bonchev–Trinajstić information content (AvgIpc) is 2.82. The van der Waals surface area contributed by atoms with Crippen LogP contribution in [0.15, 0.2) is 35.3 Å². The van der Waals surface area contributed by atoms with Gasteiger partial charge in [0.15, 0.2) is 5.65 Å². The normalized spacial score (nSPS) is 10.8. The van der Waals surface area contributed by atoms with Crippen molar-refractivity contribution in [1.29, 1.82) is 0 Å². The van der Waals surface area contributed by atoms with Gasteiger partial charge in [-0.2, -0.15) is 0 Å². The number of aryl methyl sites for hydroxylation is 1. The number of anilines is 1. The standard InChI is InChI=1S/C22H22F2N4O6/c1-34-17(30)5-2-12-8-15-19(25-6-7-29)18(22(32)28(33)20(15)26-10-12)21(31)27-11-13-3-4-14(23)9-16(13)24/h3-4,8-10,25,29,33H,2,5-7,11H2,1H3,(H,27,31). The minimum Gasteiger partial charge on any atom is -0.469 e. The maximum Gasteiger partial charge on any atom is 0.305 e. The summed E-state index contributed by atoms with van der Waals surface area (Å²) in [5.41, 5.74) is -1.23. The van der Waals surface area contributed by atoms with Gasteiger partial charge in [-0.3, -0.25) is 14.4 Å². The number of rotatable bonds is 9. The van der Waals surface area contributed by atoms with E-state index in [1.165, 1.54) is 19.4 Å². The van der Waals surface area contributed by atoms with Crippen LogP contribution in [-0.4, -0.2) is 52.2 Å². The lowest BCUT2D eigenvalue weighted by molar-refractivity contribution is -0.140. The molecule has 34 heavy (non-hydrogen) atoms. The lowest BCUT2D eigenvalue weighted by atomic mass is 10.1. The lowest BCUT2D eigenvalue weighted by Gasteiger charge is -2.16. The number of amides is 1. The summed E-state index contributed by atoms with van der Waals surface area (Å²) in [6.45, 7) is -0.727. The third kappa shape index (κ3) is 5.29. The van der Waals surface area contributed by atoms with E-state index < -0.39 is 34.6 Å². The number of fused-ring (bicyclic) bond motifs is 1. The predicted octanol–water partition coefficient (Wildman–Crippen LogP) is 1.35. The van der Waals surface area contributed by atoms with E-state index in [1.807, 2.05) is 0 Å². The minimum absolute atomic E-state index is 0.0103. The summed E-state index contributed by atoms with van der Waals surface area (Å²) < 4.78 is 31.9. The molecule has 0 aliphatic rings. The lowest BCUT2D eigenvalue weighted by Crippen LogP contribution is -2.34. The zero-order chi connectivity index (χ0) is 24.8. The number of aliphatic hydroxyl groups excluding tert-OH is 1. The molecule has 3 aromatic rings. The fourth-order valence-corrected chi connectivity index (χ4v) is 3.29. The van der Waals surface area contributed by atoms with E-state index in [4.69, 9.17) is 0 Å². The first-order chi connectivity index (χ1) is 16.3. The van der Waals surface area contributed by atoms with Gasteiger partial charge in [0.05, 0.1) is 19.4 Å². The number of hydrogen-bond acceptors (Lipinski definition) is 8.